The van der Waals surface area contributed by atoms with Crippen LogP contribution in [0.3, 0.4) is 0 Å². The van der Waals surface area contributed by atoms with Gasteiger partial charge in [0.1, 0.15) is 11.3 Å². The van der Waals surface area contributed by atoms with E-state index in [4.69, 9.17) is 16.3 Å². The lowest BCUT2D eigenvalue weighted by atomic mass is 9.96. The number of phenolic OH excluding ortho intramolecular Hbond substituents is 1. The summed E-state index contributed by atoms with van der Waals surface area (Å²) in [5.74, 6) is -1.04. The van der Waals surface area contributed by atoms with Crippen LogP contribution in [0.4, 0.5) is 13.2 Å². The van der Waals surface area contributed by atoms with Gasteiger partial charge in [-0.3, -0.25) is 0 Å². The molecule has 0 aliphatic carbocycles. The second-order valence-corrected chi connectivity index (χ2v) is 8.70. The van der Waals surface area contributed by atoms with E-state index in [-0.39, 0.29) is 18.2 Å². The summed E-state index contributed by atoms with van der Waals surface area (Å²) in [6.45, 7) is 3.34. The molecule has 4 aromatic rings. The Morgan fingerprint density at radius 1 is 1.11 bits per heavy atom. The molecule has 0 atom stereocenters. The van der Waals surface area contributed by atoms with Crippen LogP contribution in [-0.4, -0.2) is 32.4 Å². The number of aromatic hydroxyl groups is 1. The van der Waals surface area contributed by atoms with Crippen LogP contribution >= 0.6 is 11.6 Å². The molecule has 0 spiro atoms. The predicted molar refractivity (Wildman–Crippen MR) is 133 cm³/mol. The second-order valence-electron chi connectivity index (χ2n) is 8.29. The van der Waals surface area contributed by atoms with Crippen molar-refractivity contribution < 1.29 is 27.8 Å². The number of ether oxygens (including phenoxy) is 1. The number of pyridine rings is 1. The molecule has 0 unspecified atom stereocenters. The van der Waals surface area contributed by atoms with Gasteiger partial charge in [0, 0.05) is 10.6 Å². The van der Waals surface area contributed by atoms with Gasteiger partial charge < -0.3 is 9.84 Å². The van der Waals surface area contributed by atoms with E-state index in [1.165, 1.54) is 13.0 Å². The van der Waals surface area contributed by atoms with Gasteiger partial charge in [-0.2, -0.15) is 18.3 Å². The highest BCUT2D eigenvalue weighted by Crippen LogP contribution is 2.35. The summed E-state index contributed by atoms with van der Waals surface area (Å²) < 4.78 is 47.2. The molecule has 192 valence electrons. The summed E-state index contributed by atoms with van der Waals surface area (Å²) >= 11 is 6.53. The zero-order chi connectivity index (χ0) is 26.7. The summed E-state index contributed by atoms with van der Waals surface area (Å²) in [4.78, 5) is 16.6. The maximum Gasteiger partial charge on any atom is 0.434 e. The predicted octanol–water partition coefficient (Wildman–Crippen LogP) is 6.58. The van der Waals surface area contributed by atoms with Crippen molar-refractivity contribution >= 4 is 17.6 Å². The third-order valence-corrected chi connectivity index (χ3v) is 6.20. The first kappa shape index (κ1) is 26.2. The molecule has 2 aromatic carbocycles. The van der Waals surface area contributed by atoms with Crippen LogP contribution in [0.25, 0.3) is 17.1 Å². The number of alkyl halides is 3. The van der Waals surface area contributed by atoms with Crippen LogP contribution in [-0.2, 0) is 23.8 Å². The first-order valence-corrected chi connectivity index (χ1v) is 11.8. The van der Waals surface area contributed by atoms with Crippen molar-refractivity contribution in [1.82, 2.24) is 14.8 Å². The van der Waals surface area contributed by atoms with Crippen molar-refractivity contribution in [3.8, 4) is 22.8 Å². The summed E-state index contributed by atoms with van der Waals surface area (Å²) in [5.41, 5.74) is 1.87. The number of phenols is 1. The molecule has 0 aliphatic heterocycles. The fourth-order valence-electron chi connectivity index (χ4n) is 4.12. The number of carbonyl (C=O) groups excluding carboxylic acids is 1. The molecule has 6 nitrogen and oxygen atoms in total. The number of benzene rings is 2. The SMILES string of the molecule is CCOC(=O)c1cnn(-c2cccc(-c3cccc(Cl)c3CCc3ccc(O)cc3C)n2)c1C(F)(F)F. The average Bonchev–Trinajstić information content (AvgIpc) is 3.31. The number of nitrogens with zero attached hydrogens (tertiary/aromatic N) is 3. The molecule has 4 rings (SSSR count). The van der Waals surface area contributed by atoms with E-state index in [0.29, 0.717) is 33.8 Å². The Bertz CT molecular complexity index is 1450. The Morgan fingerprint density at radius 2 is 1.86 bits per heavy atom. The monoisotopic (exact) mass is 529 g/mol. The Hall–Kier alpha value is -3.85. The number of esters is 1. The molecule has 2 heterocycles. The smallest absolute Gasteiger partial charge is 0.434 e. The zero-order valence-corrected chi connectivity index (χ0v) is 20.8. The van der Waals surface area contributed by atoms with E-state index in [0.717, 1.165) is 22.9 Å². The van der Waals surface area contributed by atoms with Gasteiger partial charge in [0.25, 0.3) is 0 Å². The van der Waals surface area contributed by atoms with Gasteiger partial charge in [-0.15, -0.1) is 0 Å². The molecular formula is C27H23ClF3N3O3. The molecule has 0 saturated carbocycles. The Kier molecular flexibility index (Phi) is 7.54. The number of carbonyl (C=O) groups is 1. The topological polar surface area (TPSA) is 77.2 Å². The van der Waals surface area contributed by atoms with Gasteiger partial charge in [-0.1, -0.05) is 35.9 Å². The van der Waals surface area contributed by atoms with Gasteiger partial charge in [0.2, 0.25) is 0 Å². The Morgan fingerprint density at radius 3 is 2.57 bits per heavy atom. The first-order chi connectivity index (χ1) is 17.6. The van der Waals surface area contributed by atoms with E-state index >= 15 is 0 Å². The molecule has 0 aliphatic rings. The summed E-state index contributed by atoms with van der Waals surface area (Å²) in [7, 11) is 0. The zero-order valence-electron chi connectivity index (χ0n) is 20.0. The van der Waals surface area contributed by atoms with Gasteiger partial charge >= 0.3 is 12.1 Å². The minimum absolute atomic E-state index is 0.0732. The number of aryl methyl sites for hydroxylation is 2. The van der Waals surface area contributed by atoms with E-state index in [2.05, 4.69) is 10.1 Å². The van der Waals surface area contributed by atoms with Crippen LogP contribution in [0, 0.1) is 6.92 Å². The lowest BCUT2D eigenvalue weighted by molar-refractivity contribution is -0.143. The molecule has 0 amide bonds. The van der Waals surface area contributed by atoms with Crippen LogP contribution in [0.2, 0.25) is 5.02 Å². The van der Waals surface area contributed by atoms with Crippen LogP contribution in [0.1, 0.15) is 39.7 Å². The maximum atomic E-state index is 14.0. The molecule has 0 fully saturated rings. The number of aromatic nitrogens is 3. The standard InChI is InChI=1S/C27H23ClF3N3O3/c1-3-37-26(36)21-15-32-34(25(21)27(29,30)31)24-9-5-8-23(33-24)20-6-4-7-22(28)19(20)13-11-17-10-12-18(35)14-16(17)2/h4-10,12,14-15,35H,3,11,13H2,1-2H3. The molecule has 10 heteroatoms. The van der Waals surface area contributed by atoms with Crippen LogP contribution in [0.15, 0.2) is 60.8 Å². The molecule has 0 radical (unpaired) electrons. The van der Waals surface area contributed by atoms with E-state index < -0.39 is 23.4 Å². The van der Waals surface area contributed by atoms with Crippen molar-refractivity contribution in [3.63, 3.8) is 0 Å². The third-order valence-electron chi connectivity index (χ3n) is 5.85. The third kappa shape index (κ3) is 5.61. The molecule has 1 N–H and O–H groups in total. The minimum atomic E-state index is -4.88. The molecule has 0 bridgehead atoms. The van der Waals surface area contributed by atoms with Crippen LogP contribution < -0.4 is 0 Å². The highest BCUT2D eigenvalue weighted by Gasteiger charge is 2.41. The van der Waals surface area contributed by atoms with E-state index in [1.807, 2.05) is 13.0 Å². The van der Waals surface area contributed by atoms with Gasteiger partial charge in [-0.25, -0.2) is 14.5 Å². The number of halogens is 4. The molecule has 37 heavy (non-hydrogen) atoms. The summed E-state index contributed by atoms with van der Waals surface area (Å²) in [5, 5.41) is 14.0. The fraction of sp³-hybridized carbons (Fsp3) is 0.222. The highest BCUT2D eigenvalue weighted by molar-refractivity contribution is 6.31. The highest BCUT2D eigenvalue weighted by atomic mass is 35.5. The van der Waals surface area contributed by atoms with Gasteiger partial charge in [-0.05, 0) is 73.7 Å². The summed E-state index contributed by atoms with van der Waals surface area (Å²) in [6, 6.07) is 15.1. The first-order valence-electron chi connectivity index (χ1n) is 11.5. The number of hydrogen-bond acceptors (Lipinski definition) is 5. The average molecular weight is 530 g/mol. The van der Waals surface area contributed by atoms with E-state index in [1.54, 1.807) is 42.5 Å². The van der Waals surface area contributed by atoms with Crippen molar-refractivity contribution in [2.75, 3.05) is 6.61 Å². The molecule has 0 saturated heterocycles. The second kappa shape index (κ2) is 10.6. The van der Waals surface area contributed by atoms with Crippen LogP contribution in [0.5, 0.6) is 5.75 Å². The van der Waals surface area contributed by atoms with Crippen molar-refractivity contribution in [1.29, 1.82) is 0 Å². The Balaban J connectivity index is 1.74. The Labute approximate surface area is 216 Å². The quantitative estimate of drug-likeness (QED) is 0.274. The molecular weight excluding hydrogens is 507 g/mol. The lowest BCUT2D eigenvalue weighted by Gasteiger charge is -2.15. The normalized spacial score (nSPS) is 11.5. The number of rotatable bonds is 7. The molecule has 2 aromatic heterocycles. The van der Waals surface area contributed by atoms with E-state index in [9.17, 15) is 23.1 Å². The van der Waals surface area contributed by atoms with Gasteiger partial charge in [0.05, 0.1) is 18.5 Å². The van der Waals surface area contributed by atoms with Crippen molar-refractivity contribution in [2.45, 2.75) is 32.9 Å². The largest absolute Gasteiger partial charge is 0.508 e. The van der Waals surface area contributed by atoms with Crippen molar-refractivity contribution in [3.05, 3.63) is 93.8 Å². The van der Waals surface area contributed by atoms with Gasteiger partial charge in [0.15, 0.2) is 11.5 Å². The minimum Gasteiger partial charge on any atom is -0.508 e. The lowest BCUT2D eigenvalue weighted by Crippen LogP contribution is -2.19. The maximum absolute atomic E-state index is 14.0. The van der Waals surface area contributed by atoms with Crippen molar-refractivity contribution in [2.24, 2.45) is 0 Å². The number of hydrogen-bond donors (Lipinski definition) is 1. The summed E-state index contributed by atoms with van der Waals surface area (Å²) in [6.07, 6.45) is -2.88. The fourth-order valence-corrected chi connectivity index (χ4v) is 4.39.